The van der Waals surface area contributed by atoms with Crippen molar-refractivity contribution in [3.63, 3.8) is 0 Å². The van der Waals surface area contributed by atoms with E-state index in [1.54, 1.807) is 0 Å². The number of carbonyl (C=O) groups is 1. The number of benzene rings is 1. The molecule has 2 aliphatic heterocycles. The van der Waals surface area contributed by atoms with Gasteiger partial charge < -0.3 is 10.6 Å². The molecule has 2 unspecified atom stereocenters. The van der Waals surface area contributed by atoms with Crippen molar-refractivity contribution in [1.29, 1.82) is 0 Å². The number of nitro groups is 1. The number of nitrogens with one attached hydrogen (secondary N) is 2. The van der Waals surface area contributed by atoms with Crippen molar-refractivity contribution < 1.29 is 14.1 Å². The second-order valence-electron chi connectivity index (χ2n) is 5.70. The number of hydrogen-bond donors (Lipinski definition) is 2. The van der Waals surface area contributed by atoms with Crippen molar-refractivity contribution >= 4 is 24.0 Å². The summed E-state index contributed by atoms with van der Waals surface area (Å²) in [6.45, 7) is 0. The van der Waals surface area contributed by atoms with E-state index in [1.807, 2.05) is 0 Å². The number of nitrogens with zero attached hydrogens (tertiary/aromatic N) is 1. The first-order valence-corrected chi connectivity index (χ1v) is 7.04. The van der Waals surface area contributed by atoms with Gasteiger partial charge in [-0.05, 0) is 37.8 Å². The Labute approximate surface area is 133 Å². The normalized spacial score (nSPS) is 26.1. The Balaban J connectivity index is 0.00000176. The summed E-state index contributed by atoms with van der Waals surface area (Å²) in [4.78, 5) is 22.5. The molecule has 1 amide bonds. The van der Waals surface area contributed by atoms with Crippen LogP contribution in [-0.2, 0) is 0 Å². The van der Waals surface area contributed by atoms with Gasteiger partial charge in [0.1, 0.15) is 11.4 Å². The van der Waals surface area contributed by atoms with Crippen molar-refractivity contribution in [1.82, 2.24) is 10.6 Å². The van der Waals surface area contributed by atoms with E-state index in [4.69, 9.17) is 0 Å². The van der Waals surface area contributed by atoms with E-state index < -0.39 is 16.6 Å². The van der Waals surface area contributed by atoms with Gasteiger partial charge in [0.05, 0.1) is 4.92 Å². The fourth-order valence-corrected chi connectivity index (χ4v) is 3.29. The molecule has 0 aliphatic carbocycles. The molecule has 0 radical (unpaired) electrons. The molecule has 2 N–H and O–H groups in total. The van der Waals surface area contributed by atoms with Crippen LogP contribution in [0.15, 0.2) is 18.2 Å². The van der Waals surface area contributed by atoms with Crippen LogP contribution >= 0.6 is 12.4 Å². The third-order valence-electron chi connectivity index (χ3n) is 4.21. The van der Waals surface area contributed by atoms with E-state index >= 15 is 0 Å². The molecule has 8 heteroatoms. The molecule has 6 nitrogen and oxygen atoms in total. The van der Waals surface area contributed by atoms with E-state index in [1.165, 1.54) is 0 Å². The van der Waals surface area contributed by atoms with E-state index in [-0.39, 0.29) is 29.7 Å². The van der Waals surface area contributed by atoms with Crippen LogP contribution in [0.1, 0.15) is 36.0 Å². The van der Waals surface area contributed by atoms with Crippen LogP contribution < -0.4 is 10.6 Å². The second kappa shape index (κ2) is 6.58. The van der Waals surface area contributed by atoms with Crippen LogP contribution in [-0.4, -0.2) is 29.0 Å². The number of hydrogen-bond acceptors (Lipinski definition) is 4. The summed E-state index contributed by atoms with van der Waals surface area (Å²) in [5.41, 5.74) is -0.586. The van der Waals surface area contributed by atoms with Gasteiger partial charge >= 0.3 is 0 Å². The van der Waals surface area contributed by atoms with Crippen molar-refractivity contribution in [2.75, 3.05) is 0 Å². The summed E-state index contributed by atoms with van der Waals surface area (Å²) in [6.07, 6.45) is 3.81. The molecule has 0 spiro atoms. The van der Waals surface area contributed by atoms with Crippen molar-refractivity contribution in [3.8, 4) is 0 Å². The molecule has 1 aromatic carbocycles. The molecule has 2 saturated heterocycles. The maximum atomic E-state index is 13.3. The van der Waals surface area contributed by atoms with Gasteiger partial charge in [-0.15, -0.1) is 12.4 Å². The monoisotopic (exact) mass is 329 g/mol. The predicted octanol–water partition coefficient (Wildman–Crippen LogP) is 2.17. The first-order chi connectivity index (χ1) is 10.0. The highest BCUT2D eigenvalue weighted by molar-refractivity contribution is 5.98. The van der Waals surface area contributed by atoms with Crippen molar-refractivity contribution in [2.24, 2.45) is 0 Å². The summed E-state index contributed by atoms with van der Waals surface area (Å²) < 4.78 is 13.3. The number of piperidine rings is 1. The van der Waals surface area contributed by atoms with Gasteiger partial charge in [0, 0.05) is 24.2 Å². The first kappa shape index (κ1) is 16.6. The zero-order chi connectivity index (χ0) is 15.0. The van der Waals surface area contributed by atoms with Crippen LogP contribution in [0.3, 0.4) is 0 Å². The summed E-state index contributed by atoms with van der Waals surface area (Å²) >= 11 is 0. The van der Waals surface area contributed by atoms with Gasteiger partial charge in [-0.1, -0.05) is 0 Å². The molecule has 0 saturated carbocycles. The second-order valence-corrected chi connectivity index (χ2v) is 5.70. The zero-order valence-corrected chi connectivity index (χ0v) is 12.6. The molecule has 0 aromatic heterocycles. The Kier molecular flexibility index (Phi) is 4.97. The van der Waals surface area contributed by atoms with Gasteiger partial charge in [-0.2, -0.15) is 0 Å². The lowest BCUT2D eigenvalue weighted by atomic mass is 9.99. The molecule has 120 valence electrons. The number of rotatable bonds is 3. The Bertz CT molecular complexity index is 587. The summed E-state index contributed by atoms with van der Waals surface area (Å²) in [5, 5.41) is 17.2. The lowest BCUT2D eigenvalue weighted by molar-refractivity contribution is -0.385. The van der Waals surface area contributed by atoms with Gasteiger partial charge in [0.15, 0.2) is 0 Å². The minimum Gasteiger partial charge on any atom is -0.349 e. The van der Waals surface area contributed by atoms with Gasteiger partial charge in [0.2, 0.25) is 0 Å². The Morgan fingerprint density at radius 3 is 2.55 bits per heavy atom. The number of halogens is 2. The van der Waals surface area contributed by atoms with Crippen LogP contribution in [0, 0.1) is 15.9 Å². The summed E-state index contributed by atoms with van der Waals surface area (Å²) in [6, 6.07) is 3.71. The van der Waals surface area contributed by atoms with Crippen molar-refractivity contribution in [2.45, 2.75) is 43.8 Å². The predicted molar refractivity (Wildman–Crippen MR) is 80.7 cm³/mol. The van der Waals surface area contributed by atoms with E-state index in [2.05, 4.69) is 10.6 Å². The number of nitro benzene ring substituents is 1. The standard InChI is InChI=1S/C14H16FN3O3.ClH/c15-8-1-4-13(18(20)21)12(5-8)14(19)17-11-6-9-2-3-10(7-11)16-9;/h1,4-5,9-11,16H,2-3,6-7H2,(H,17,19);1H. The smallest absolute Gasteiger partial charge is 0.282 e. The zero-order valence-electron chi connectivity index (χ0n) is 11.8. The van der Waals surface area contributed by atoms with Crippen LogP contribution in [0.25, 0.3) is 0 Å². The lowest BCUT2D eigenvalue weighted by Crippen LogP contribution is -2.48. The number of amides is 1. The minimum absolute atomic E-state index is 0. The fraction of sp³-hybridized carbons (Fsp3) is 0.500. The number of fused-ring (bicyclic) bond motifs is 2. The van der Waals surface area contributed by atoms with E-state index in [0.717, 1.165) is 43.9 Å². The third-order valence-corrected chi connectivity index (χ3v) is 4.21. The Morgan fingerprint density at radius 2 is 1.95 bits per heavy atom. The number of carbonyl (C=O) groups excluding carboxylic acids is 1. The van der Waals surface area contributed by atoms with Gasteiger partial charge in [-0.25, -0.2) is 4.39 Å². The van der Waals surface area contributed by atoms with Crippen LogP contribution in [0.2, 0.25) is 0 Å². The molecular formula is C14H17ClFN3O3. The topological polar surface area (TPSA) is 84.3 Å². The van der Waals surface area contributed by atoms with Gasteiger partial charge in [0.25, 0.3) is 11.6 Å². The highest BCUT2D eigenvalue weighted by atomic mass is 35.5. The third kappa shape index (κ3) is 3.36. The molecule has 2 heterocycles. The maximum absolute atomic E-state index is 13.3. The summed E-state index contributed by atoms with van der Waals surface area (Å²) in [5.74, 6) is -1.23. The molecule has 2 fully saturated rings. The molecule has 3 rings (SSSR count). The quantitative estimate of drug-likeness (QED) is 0.657. The van der Waals surface area contributed by atoms with E-state index in [9.17, 15) is 19.3 Å². The Hall–Kier alpha value is -1.73. The first-order valence-electron chi connectivity index (χ1n) is 7.04. The fourth-order valence-electron chi connectivity index (χ4n) is 3.29. The van der Waals surface area contributed by atoms with Crippen LogP contribution in [0.5, 0.6) is 0 Å². The highest BCUT2D eigenvalue weighted by Gasteiger charge is 2.34. The SMILES string of the molecule is Cl.O=C(NC1CC2CCC(C1)N2)c1cc(F)ccc1[N+](=O)[O-]. The lowest BCUT2D eigenvalue weighted by Gasteiger charge is -2.29. The molecule has 2 atom stereocenters. The molecular weight excluding hydrogens is 313 g/mol. The summed E-state index contributed by atoms with van der Waals surface area (Å²) in [7, 11) is 0. The molecule has 22 heavy (non-hydrogen) atoms. The van der Waals surface area contributed by atoms with Gasteiger partial charge in [-0.3, -0.25) is 14.9 Å². The average molecular weight is 330 g/mol. The maximum Gasteiger partial charge on any atom is 0.282 e. The highest BCUT2D eigenvalue weighted by Crippen LogP contribution is 2.27. The molecule has 1 aromatic rings. The molecule has 2 bridgehead atoms. The van der Waals surface area contributed by atoms with E-state index in [0.29, 0.717) is 12.1 Å². The molecule has 2 aliphatic rings. The van der Waals surface area contributed by atoms with Crippen LogP contribution in [0.4, 0.5) is 10.1 Å². The minimum atomic E-state index is -0.666. The average Bonchev–Trinajstić information content (AvgIpc) is 2.77. The Morgan fingerprint density at radius 1 is 1.32 bits per heavy atom. The largest absolute Gasteiger partial charge is 0.349 e. The van der Waals surface area contributed by atoms with Crippen molar-refractivity contribution in [3.05, 3.63) is 39.7 Å².